The zero-order chi connectivity index (χ0) is 46.7. The van der Waals surface area contributed by atoms with Crippen molar-refractivity contribution in [1.82, 2.24) is 10.1 Å². The van der Waals surface area contributed by atoms with Crippen molar-refractivity contribution < 1.29 is 38.2 Å². The number of nitrogens with zero attached hydrogens (tertiary/aromatic N) is 4. The van der Waals surface area contributed by atoms with Crippen molar-refractivity contribution in [3.8, 4) is 28.6 Å². The smallest absolute Gasteiger partial charge is 0.360 e. The van der Waals surface area contributed by atoms with Crippen LogP contribution < -0.4 is 24.3 Å². The van der Waals surface area contributed by atoms with Gasteiger partial charge in [0.2, 0.25) is 23.4 Å². The predicted octanol–water partition coefficient (Wildman–Crippen LogP) is 10.6. The Labute approximate surface area is 395 Å². The number of hydrogen-bond donors (Lipinski definition) is 2. The Kier molecular flexibility index (Phi) is 13.5. The maximum atomic E-state index is 13.7. The molecule has 0 aliphatic rings. The van der Waals surface area contributed by atoms with Crippen LogP contribution in [-0.2, 0) is 28.4 Å². The number of rotatable bonds is 19. The molecule has 6 aromatic carbocycles. The summed E-state index contributed by atoms with van der Waals surface area (Å²) >= 11 is 1.24. The van der Waals surface area contributed by atoms with Crippen LogP contribution in [0.4, 0.5) is 5.13 Å². The molecule has 0 aliphatic carbocycles. The summed E-state index contributed by atoms with van der Waals surface area (Å²) in [5, 5.41) is 37.9. The van der Waals surface area contributed by atoms with Gasteiger partial charge in [-0.3, -0.25) is 0 Å². The molecule has 0 spiro atoms. The molecule has 0 bridgehead atoms. The van der Waals surface area contributed by atoms with Crippen LogP contribution in [0.15, 0.2) is 209 Å². The fraction of sp³-hybridized carbons (Fsp3) is 0.0926. The zero-order valence-electron chi connectivity index (χ0n) is 36.5. The summed E-state index contributed by atoms with van der Waals surface area (Å²) in [5.41, 5.74) is 4.53. The first kappa shape index (κ1) is 44.5. The van der Waals surface area contributed by atoms with Gasteiger partial charge in [0, 0.05) is 11.4 Å². The molecule has 3 heterocycles. The number of carboxylic acid groups (broad SMARTS) is 1. The van der Waals surface area contributed by atoms with E-state index in [1.54, 1.807) is 18.6 Å². The topological polar surface area (TPSA) is 164 Å². The quantitative estimate of drug-likeness (QED) is 0.0261. The minimum Gasteiger partial charge on any atom is -0.618 e. The molecule has 0 atom stereocenters. The molecule has 9 aromatic rings. The lowest BCUT2D eigenvalue weighted by molar-refractivity contribution is -0.594. The molecule has 14 heteroatoms. The summed E-state index contributed by atoms with van der Waals surface area (Å²) in [4.78, 5) is 22.9. The van der Waals surface area contributed by atoms with Crippen LogP contribution in [0.2, 0.25) is 0 Å². The molecular weight excluding hydrogens is 879 g/mol. The highest BCUT2D eigenvalue weighted by atomic mass is 32.1. The number of aromatic nitrogens is 3. The van der Waals surface area contributed by atoms with Gasteiger partial charge in [-0.15, -0.1) is 11.3 Å². The van der Waals surface area contributed by atoms with E-state index >= 15 is 0 Å². The molecular formula is C54H43N5O8S. The molecule has 0 saturated heterocycles. The molecule has 0 radical (unpaired) electrons. The first-order valence-electron chi connectivity index (χ1n) is 21.5. The average Bonchev–Trinajstić information content (AvgIpc) is 4.07. The Hall–Kier alpha value is -8.75. The molecule has 68 heavy (non-hydrogen) atoms. The largest absolute Gasteiger partial charge is 0.618 e. The Bertz CT molecular complexity index is 2960. The lowest BCUT2D eigenvalue weighted by atomic mass is 9.77. The van der Waals surface area contributed by atoms with Crippen LogP contribution in [0.3, 0.4) is 0 Å². The number of hydrogen-bond acceptors (Lipinski definition) is 12. The molecule has 0 aliphatic heterocycles. The third-order valence-corrected chi connectivity index (χ3v) is 11.8. The molecule has 0 amide bonds. The van der Waals surface area contributed by atoms with E-state index in [9.17, 15) is 15.1 Å². The summed E-state index contributed by atoms with van der Waals surface area (Å²) in [5.74, 6) is 0.00108. The van der Waals surface area contributed by atoms with Gasteiger partial charge in [0.25, 0.3) is 0 Å². The minimum atomic E-state index is -1.35. The molecule has 3 aromatic heterocycles. The number of carbonyl (C=O) groups is 1. The lowest BCUT2D eigenvalue weighted by Gasteiger charge is -2.36. The number of methoxy groups -OCH3 is 1. The number of ether oxygens (including phenoxy) is 3. The fourth-order valence-corrected chi connectivity index (χ4v) is 8.47. The Morgan fingerprint density at radius 1 is 0.765 bits per heavy atom. The van der Waals surface area contributed by atoms with Gasteiger partial charge >= 0.3 is 5.97 Å². The third kappa shape index (κ3) is 9.90. The number of carboxylic acids is 1. The van der Waals surface area contributed by atoms with Crippen LogP contribution in [0, 0.1) is 5.21 Å². The van der Waals surface area contributed by atoms with E-state index in [1.165, 1.54) is 23.6 Å². The number of aliphatic carboxylic acids is 1. The third-order valence-electron chi connectivity index (χ3n) is 11.0. The van der Waals surface area contributed by atoms with Crippen LogP contribution in [-0.4, -0.2) is 34.0 Å². The van der Waals surface area contributed by atoms with Crippen molar-refractivity contribution in [3.05, 3.63) is 250 Å². The molecule has 0 unspecified atom stereocenters. The first-order valence-corrected chi connectivity index (χ1v) is 22.4. The Morgan fingerprint density at radius 3 is 1.87 bits per heavy atom. The van der Waals surface area contributed by atoms with Crippen LogP contribution in [0.1, 0.15) is 50.9 Å². The monoisotopic (exact) mass is 921 g/mol. The lowest BCUT2D eigenvalue weighted by Crippen LogP contribution is -2.38. The van der Waals surface area contributed by atoms with Gasteiger partial charge in [0.15, 0.2) is 28.9 Å². The summed E-state index contributed by atoms with van der Waals surface area (Å²) in [7, 11) is 1.60. The molecule has 0 saturated carbocycles. The van der Waals surface area contributed by atoms with Crippen molar-refractivity contribution in [2.24, 2.45) is 5.16 Å². The number of oxime groups is 1. The number of pyridine rings is 1. The highest BCUT2D eigenvalue weighted by Crippen LogP contribution is 2.41. The summed E-state index contributed by atoms with van der Waals surface area (Å²) in [6, 6.07) is 59.9. The fourth-order valence-electron chi connectivity index (χ4n) is 7.72. The molecule has 0 fully saturated rings. The van der Waals surface area contributed by atoms with E-state index in [-0.39, 0.29) is 47.6 Å². The Balaban J connectivity index is 0.971. The van der Waals surface area contributed by atoms with Crippen molar-refractivity contribution in [2.75, 3.05) is 12.4 Å². The molecule has 13 nitrogen and oxygen atoms in total. The normalized spacial score (nSPS) is 11.5. The van der Waals surface area contributed by atoms with Crippen LogP contribution >= 0.6 is 11.3 Å². The highest BCUT2D eigenvalue weighted by Gasteiger charge is 2.37. The van der Waals surface area contributed by atoms with E-state index in [0.717, 1.165) is 33.4 Å². The standard InChI is InChI=1S/C54H43N5O8S/c1-63-43-29-27-37(28-30-43)34-64-49-33-59(62)47(32-48(49)66-51(38-17-7-2-8-18-38)39-19-9-3-10-20-39)45-31-44(67-57-45)35-65-58-50(52(60)61)46-36-68-53(55-46)56-54(40-21-11-4-12-22-40,41-23-13-5-14-24-41)42-25-15-6-16-26-42/h2-33,36,51H,34-35H2,1H3,(H,55,56)(H,60,61)/b58-50-. The van der Waals surface area contributed by atoms with Crippen LogP contribution in [0.5, 0.6) is 17.2 Å². The summed E-state index contributed by atoms with van der Waals surface area (Å²) in [6.07, 6.45) is 0.721. The number of nitrogens with one attached hydrogen (secondary N) is 1. The summed E-state index contributed by atoms with van der Waals surface area (Å²) < 4.78 is 24.5. The molecule has 9 rings (SSSR count). The van der Waals surface area contributed by atoms with Gasteiger partial charge < -0.3 is 39.2 Å². The van der Waals surface area contributed by atoms with E-state index < -0.39 is 23.3 Å². The van der Waals surface area contributed by atoms with E-state index in [1.807, 2.05) is 176 Å². The maximum Gasteiger partial charge on any atom is 0.360 e. The van der Waals surface area contributed by atoms with Gasteiger partial charge in [-0.25, -0.2) is 9.78 Å². The van der Waals surface area contributed by atoms with E-state index in [0.29, 0.717) is 15.6 Å². The van der Waals surface area contributed by atoms with Crippen molar-refractivity contribution in [1.29, 1.82) is 0 Å². The second-order valence-electron chi connectivity index (χ2n) is 15.4. The summed E-state index contributed by atoms with van der Waals surface area (Å²) in [6.45, 7) is -0.173. The molecule has 338 valence electrons. The zero-order valence-corrected chi connectivity index (χ0v) is 37.4. The van der Waals surface area contributed by atoms with Crippen LogP contribution in [0.25, 0.3) is 11.4 Å². The van der Waals surface area contributed by atoms with Crippen molar-refractivity contribution in [3.63, 3.8) is 0 Å². The van der Waals surface area contributed by atoms with E-state index in [2.05, 4.69) is 15.6 Å². The second kappa shape index (κ2) is 20.6. The molecule has 2 N–H and O–H groups in total. The minimum absolute atomic E-state index is 0.0879. The highest BCUT2D eigenvalue weighted by molar-refractivity contribution is 7.14. The van der Waals surface area contributed by atoms with Gasteiger partial charge in [0.05, 0.1) is 13.2 Å². The van der Waals surface area contributed by atoms with Gasteiger partial charge in [0.1, 0.15) is 29.7 Å². The number of thiazole rings is 1. The number of anilines is 1. The maximum absolute atomic E-state index is 13.7. The number of benzene rings is 6. The predicted molar refractivity (Wildman–Crippen MR) is 257 cm³/mol. The van der Waals surface area contributed by atoms with Gasteiger partial charge in [-0.2, -0.15) is 4.73 Å². The Morgan fingerprint density at radius 2 is 1.32 bits per heavy atom. The SMILES string of the molecule is COc1ccc(COc2c[n+]([O-])c(-c3cc(CO/N=C(\C(=O)O)c4csc(NC(c5ccccc5)(c5ccccc5)c5ccccc5)n4)on3)cc2OC(c2ccccc2)c2ccccc2)cc1. The van der Waals surface area contributed by atoms with Crippen molar-refractivity contribution in [2.45, 2.75) is 24.9 Å². The first-order chi connectivity index (χ1) is 33.4. The second-order valence-corrected chi connectivity index (χ2v) is 16.2. The van der Waals surface area contributed by atoms with Crippen molar-refractivity contribution >= 4 is 28.1 Å². The van der Waals surface area contributed by atoms with E-state index in [4.69, 9.17) is 28.6 Å². The van der Waals surface area contributed by atoms with Gasteiger partial charge in [-0.1, -0.05) is 174 Å². The van der Waals surface area contributed by atoms with Gasteiger partial charge in [-0.05, 0) is 45.5 Å². The average molecular weight is 922 g/mol.